The van der Waals surface area contributed by atoms with Crippen molar-refractivity contribution in [2.75, 3.05) is 17.7 Å². The minimum absolute atomic E-state index is 0.137. The van der Waals surface area contributed by atoms with Gasteiger partial charge >= 0.3 is 5.97 Å². The Morgan fingerprint density at radius 3 is 2.57 bits per heavy atom. The maximum Gasteiger partial charge on any atom is 0.338 e. The van der Waals surface area contributed by atoms with E-state index in [1.165, 1.54) is 11.8 Å². The SMILES string of the molecule is CCCCOC(=O)c1ccc(NC(=O)CSc2nnnn2-c2ccc(Br)cc2)cc1. The normalized spacial score (nSPS) is 10.6. The van der Waals surface area contributed by atoms with E-state index in [4.69, 9.17) is 4.74 Å². The molecule has 1 aromatic heterocycles. The van der Waals surface area contributed by atoms with Crippen LogP contribution in [0.5, 0.6) is 0 Å². The van der Waals surface area contributed by atoms with E-state index in [0.717, 1.165) is 23.0 Å². The molecule has 0 fully saturated rings. The summed E-state index contributed by atoms with van der Waals surface area (Å²) in [6.45, 7) is 2.44. The largest absolute Gasteiger partial charge is 0.462 e. The number of halogens is 1. The Morgan fingerprint density at radius 1 is 1.13 bits per heavy atom. The van der Waals surface area contributed by atoms with E-state index in [9.17, 15) is 9.59 Å². The molecule has 0 radical (unpaired) electrons. The van der Waals surface area contributed by atoms with Gasteiger partial charge in [-0.15, -0.1) is 5.10 Å². The smallest absolute Gasteiger partial charge is 0.338 e. The number of rotatable bonds is 9. The third kappa shape index (κ3) is 6.14. The van der Waals surface area contributed by atoms with Crippen molar-refractivity contribution in [1.82, 2.24) is 20.2 Å². The Bertz CT molecular complexity index is 992. The van der Waals surface area contributed by atoms with Gasteiger partial charge in [0.15, 0.2) is 0 Å². The van der Waals surface area contributed by atoms with Crippen LogP contribution < -0.4 is 5.32 Å². The number of hydrogen-bond acceptors (Lipinski definition) is 7. The van der Waals surface area contributed by atoms with Gasteiger partial charge in [0.05, 0.1) is 23.6 Å². The van der Waals surface area contributed by atoms with Crippen molar-refractivity contribution < 1.29 is 14.3 Å². The molecule has 30 heavy (non-hydrogen) atoms. The molecule has 1 N–H and O–H groups in total. The number of ether oxygens (including phenoxy) is 1. The van der Waals surface area contributed by atoms with E-state index >= 15 is 0 Å². The zero-order chi connectivity index (χ0) is 21.3. The molecule has 1 amide bonds. The van der Waals surface area contributed by atoms with Crippen LogP contribution in [0.4, 0.5) is 5.69 Å². The van der Waals surface area contributed by atoms with Crippen molar-refractivity contribution in [1.29, 1.82) is 0 Å². The minimum atomic E-state index is -0.364. The summed E-state index contributed by atoms with van der Waals surface area (Å²) in [7, 11) is 0. The second-order valence-corrected chi connectivity index (χ2v) is 8.11. The molecular weight excluding hydrogens is 470 g/mol. The molecule has 0 aliphatic heterocycles. The summed E-state index contributed by atoms with van der Waals surface area (Å²) in [4.78, 5) is 24.2. The standard InChI is InChI=1S/C20H20BrN5O3S/c1-2-3-12-29-19(28)14-4-8-16(9-5-14)22-18(27)13-30-20-23-24-25-26(20)17-10-6-15(21)7-11-17/h4-11H,2-3,12-13H2,1H3,(H,22,27). The van der Waals surface area contributed by atoms with Gasteiger partial charge < -0.3 is 10.1 Å². The topological polar surface area (TPSA) is 99.0 Å². The molecule has 0 spiro atoms. The van der Waals surface area contributed by atoms with Crippen LogP contribution in [0.3, 0.4) is 0 Å². The zero-order valence-corrected chi connectivity index (χ0v) is 18.6. The number of aromatic nitrogens is 4. The Hall–Kier alpha value is -2.72. The Balaban J connectivity index is 1.52. The number of hydrogen-bond donors (Lipinski definition) is 1. The van der Waals surface area contributed by atoms with Crippen LogP contribution in [0.25, 0.3) is 5.69 Å². The number of unbranched alkanes of at least 4 members (excludes halogenated alkanes) is 1. The van der Waals surface area contributed by atoms with E-state index in [2.05, 4.69) is 36.8 Å². The van der Waals surface area contributed by atoms with Crippen LogP contribution in [-0.4, -0.2) is 44.4 Å². The van der Waals surface area contributed by atoms with Crippen molar-refractivity contribution in [3.63, 3.8) is 0 Å². The number of carbonyl (C=O) groups is 2. The summed E-state index contributed by atoms with van der Waals surface area (Å²) in [6, 6.07) is 14.1. The molecule has 3 rings (SSSR count). The first-order chi connectivity index (χ1) is 14.6. The number of nitrogens with zero attached hydrogens (tertiary/aromatic N) is 4. The Morgan fingerprint density at radius 2 is 1.87 bits per heavy atom. The third-order valence-electron chi connectivity index (χ3n) is 3.98. The predicted octanol–water partition coefficient (Wildman–Crippen LogP) is 4.11. The van der Waals surface area contributed by atoms with Gasteiger partial charge in [-0.25, -0.2) is 4.79 Å². The highest BCUT2D eigenvalue weighted by atomic mass is 79.9. The highest BCUT2D eigenvalue weighted by molar-refractivity contribution is 9.10. The van der Waals surface area contributed by atoms with Crippen LogP contribution in [0.15, 0.2) is 58.2 Å². The molecule has 3 aromatic rings. The van der Waals surface area contributed by atoms with E-state index in [-0.39, 0.29) is 17.6 Å². The first kappa shape index (κ1) is 22.0. The minimum Gasteiger partial charge on any atom is -0.462 e. The van der Waals surface area contributed by atoms with Crippen molar-refractivity contribution >= 4 is 45.3 Å². The fourth-order valence-electron chi connectivity index (χ4n) is 2.42. The lowest BCUT2D eigenvalue weighted by molar-refractivity contribution is -0.113. The van der Waals surface area contributed by atoms with E-state index in [0.29, 0.717) is 23.0 Å². The van der Waals surface area contributed by atoms with E-state index in [1.807, 2.05) is 31.2 Å². The number of benzene rings is 2. The number of anilines is 1. The average Bonchev–Trinajstić information content (AvgIpc) is 3.22. The molecule has 0 saturated heterocycles. The van der Waals surface area contributed by atoms with E-state index < -0.39 is 0 Å². The van der Waals surface area contributed by atoms with Gasteiger partial charge in [-0.3, -0.25) is 4.79 Å². The lowest BCUT2D eigenvalue weighted by Gasteiger charge is -2.07. The Kier molecular flexibility index (Phi) is 7.97. The molecule has 10 heteroatoms. The summed E-state index contributed by atoms with van der Waals surface area (Å²) < 4.78 is 7.69. The molecule has 2 aromatic carbocycles. The first-order valence-electron chi connectivity index (χ1n) is 9.31. The highest BCUT2D eigenvalue weighted by Gasteiger charge is 2.12. The van der Waals surface area contributed by atoms with Gasteiger partial charge in [-0.2, -0.15) is 4.68 Å². The molecule has 0 aliphatic rings. The number of esters is 1. The van der Waals surface area contributed by atoms with Crippen LogP contribution in [-0.2, 0) is 9.53 Å². The van der Waals surface area contributed by atoms with Gasteiger partial charge in [0, 0.05) is 10.2 Å². The van der Waals surface area contributed by atoms with Gasteiger partial charge in [0.1, 0.15) is 0 Å². The second kappa shape index (κ2) is 10.9. The molecule has 0 saturated carbocycles. The van der Waals surface area contributed by atoms with Gasteiger partial charge in [0.2, 0.25) is 11.1 Å². The molecule has 1 heterocycles. The summed E-state index contributed by atoms with van der Waals surface area (Å²) in [5.74, 6) is -0.433. The summed E-state index contributed by atoms with van der Waals surface area (Å²) in [5.41, 5.74) is 1.85. The molecule has 0 aliphatic carbocycles. The van der Waals surface area contributed by atoms with E-state index in [1.54, 1.807) is 28.9 Å². The molecule has 8 nitrogen and oxygen atoms in total. The quantitative estimate of drug-likeness (QED) is 0.274. The monoisotopic (exact) mass is 489 g/mol. The predicted molar refractivity (Wildman–Crippen MR) is 118 cm³/mol. The van der Waals surface area contributed by atoms with Gasteiger partial charge in [0.25, 0.3) is 0 Å². The summed E-state index contributed by atoms with van der Waals surface area (Å²) in [5, 5.41) is 14.9. The van der Waals surface area contributed by atoms with Crippen LogP contribution in [0, 0.1) is 0 Å². The maximum absolute atomic E-state index is 12.3. The average molecular weight is 490 g/mol. The molecule has 0 bridgehead atoms. The molecular formula is C20H20BrN5O3S. The van der Waals surface area contributed by atoms with Crippen molar-refractivity contribution in [3.8, 4) is 5.69 Å². The number of thioether (sulfide) groups is 1. The number of tetrazole rings is 1. The lowest BCUT2D eigenvalue weighted by atomic mass is 10.2. The number of nitrogens with one attached hydrogen (secondary N) is 1. The van der Waals surface area contributed by atoms with Crippen molar-refractivity contribution in [3.05, 3.63) is 58.6 Å². The highest BCUT2D eigenvalue weighted by Crippen LogP contribution is 2.20. The molecule has 156 valence electrons. The fraction of sp³-hybridized carbons (Fsp3) is 0.250. The van der Waals surface area contributed by atoms with Crippen LogP contribution in [0.1, 0.15) is 30.1 Å². The van der Waals surface area contributed by atoms with Crippen LogP contribution in [0.2, 0.25) is 0 Å². The Labute approximate surface area is 186 Å². The van der Waals surface area contributed by atoms with Crippen LogP contribution >= 0.6 is 27.7 Å². The van der Waals surface area contributed by atoms with Crippen molar-refractivity contribution in [2.24, 2.45) is 0 Å². The zero-order valence-electron chi connectivity index (χ0n) is 16.2. The number of amides is 1. The summed E-state index contributed by atoms with van der Waals surface area (Å²) in [6.07, 6.45) is 1.80. The maximum atomic E-state index is 12.3. The molecule has 0 unspecified atom stereocenters. The van der Waals surface area contributed by atoms with Gasteiger partial charge in [-0.05, 0) is 65.4 Å². The first-order valence-corrected chi connectivity index (χ1v) is 11.1. The fourth-order valence-corrected chi connectivity index (χ4v) is 3.38. The summed E-state index contributed by atoms with van der Waals surface area (Å²) >= 11 is 4.62. The third-order valence-corrected chi connectivity index (χ3v) is 5.43. The number of carbonyl (C=O) groups excluding carboxylic acids is 2. The molecule has 0 atom stereocenters. The lowest BCUT2D eigenvalue weighted by Crippen LogP contribution is -2.15. The second-order valence-electron chi connectivity index (χ2n) is 6.25. The van der Waals surface area contributed by atoms with Crippen molar-refractivity contribution in [2.45, 2.75) is 24.9 Å². The van der Waals surface area contributed by atoms with Gasteiger partial charge in [-0.1, -0.05) is 41.0 Å².